The molecule has 8 nitrogen and oxygen atoms in total. The van der Waals surface area contributed by atoms with Gasteiger partial charge < -0.3 is 16.4 Å². The van der Waals surface area contributed by atoms with E-state index in [1.807, 2.05) is 13.1 Å². The number of aliphatic imine (C=N–C) groups is 1. The summed E-state index contributed by atoms with van der Waals surface area (Å²) in [7, 11) is 1.71. The highest BCUT2D eigenvalue weighted by molar-refractivity contribution is 7.11. The Hall–Kier alpha value is -3.45. The number of halogens is 1. The number of aromatic nitrogens is 3. The summed E-state index contributed by atoms with van der Waals surface area (Å²) in [6.45, 7) is 3.27. The largest absolute Gasteiger partial charge is 0.382 e. The van der Waals surface area contributed by atoms with Gasteiger partial charge in [0.25, 0.3) is 0 Å². The molecule has 0 aliphatic carbocycles. The van der Waals surface area contributed by atoms with Crippen LogP contribution in [0.25, 0.3) is 5.69 Å². The van der Waals surface area contributed by atoms with Gasteiger partial charge in [0.1, 0.15) is 28.3 Å². The minimum Gasteiger partial charge on any atom is -0.382 e. The molecule has 0 unspecified atom stereocenters. The predicted molar refractivity (Wildman–Crippen MR) is 116 cm³/mol. The van der Waals surface area contributed by atoms with Crippen LogP contribution in [0.3, 0.4) is 0 Å². The van der Waals surface area contributed by atoms with Gasteiger partial charge >= 0.3 is 0 Å². The van der Waals surface area contributed by atoms with E-state index in [0.717, 1.165) is 11.4 Å². The second-order valence-corrected chi connectivity index (χ2v) is 7.85. The van der Waals surface area contributed by atoms with Crippen LogP contribution in [0.4, 0.5) is 10.2 Å². The van der Waals surface area contributed by atoms with Crippen LogP contribution in [0.2, 0.25) is 0 Å². The summed E-state index contributed by atoms with van der Waals surface area (Å²) in [4.78, 5) is 9.69. The minimum absolute atomic E-state index is 0.253. The zero-order chi connectivity index (χ0) is 21.5. The molecule has 0 saturated heterocycles. The molecule has 0 aliphatic heterocycles. The molecular weight excluding hydrogens is 403 g/mol. The summed E-state index contributed by atoms with van der Waals surface area (Å²) >= 11 is 1.64. The molecule has 2 heterocycles. The number of nitriles is 1. The number of nitrogens with one attached hydrogen (secondary N) is 2. The van der Waals surface area contributed by atoms with Crippen LogP contribution < -0.4 is 16.4 Å². The van der Waals surface area contributed by atoms with E-state index >= 15 is 0 Å². The number of hydrogen-bond donors (Lipinski definition) is 3. The third kappa shape index (κ3) is 5.12. The van der Waals surface area contributed by atoms with E-state index in [0.29, 0.717) is 42.4 Å². The van der Waals surface area contributed by atoms with Gasteiger partial charge in [-0.25, -0.2) is 14.1 Å². The van der Waals surface area contributed by atoms with Gasteiger partial charge in [0.2, 0.25) is 0 Å². The maximum absolute atomic E-state index is 13.2. The summed E-state index contributed by atoms with van der Waals surface area (Å²) in [6.07, 6.45) is 3.14. The summed E-state index contributed by atoms with van der Waals surface area (Å²) < 4.78 is 14.6. The molecule has 10 heteroatoms. The molecule has 0 amide bonds. The maximum atomic E-state index is 13.2. The van der Waals surface area contributed by atoms with Crippen LogP contribution in [-0.4, -0.2) is 34.3 Å². The van der Waals surface area contributed by atoms with Gasteiger partial charge in [0.05, 0.1) is 17.9 Å². The van der Waals surface area contributed by atoms with Crippen molar-refractivity contribution in [2.24, 2.45) is 4.99 Å². The van der Waals surface area contributed by atoms with Gasteiger partial charge in [-0.3, -0.25) is 4.99 Å². The number of nitrogen functional groups attached to an aromatic ring is 1. The number of benzene rings is 1. The summed E-state index contributed by atoms with van der Waals surface area (Å²) in [5.74, 6) is 0.589. The van der Waals surface area contributed by atoms with Gasteiger partial charge in [-0.2, -0.15) is 10.4 Å². The highest BCUT2D eigenvalue weighted by Gasteiger charge is 2.16. The Morgan fingerprint density at radius 3 is 2.73 bits per heavy atom. The topological polar surface area (TPSA) is 117 Å². The molecule has 0 fully saturated rings. The lowest BCUT2D eigenvalue weighted by molar-refractivity contribution is 0.627. The normalized spacial score (nSPS) is 11.3. The quantitative estimate of drug-likeness (QED) is 0.304. The monoisotopic (exact) mass is 426 g/mol. The first-order chi connectivity index (χ1) is 14.5. The van der Waals surface area contributed by atoms with E-state index in [4.69, 9.17) is 5.73 Å². The summed E-state index contributed by atoms with van der Waals surface area (Å²) in [5.41, 5.74) is 7.66. The summed E-state index contributed by atoms with van der Waals surface area (Å²) in [5, 5.41) is 21.4. The third-order valence-electron chi connectivity index (χ3n) is 4.36. The fourth-order valence-electron chi connectivity index (χ4n) is 2.88. The molecule has 0 bridgehead atoms. The number of nitrogens with two attached hydrogens (primary N) is 1. The van der Waals surface area contributed by atoms with Gasteiger partial charge in [0, 0.05) is 24.7 Å². The predicted octanol–water partition coefficient (Wildman–Crippen LogP) is 2.53. The Balaban J connectivity index is 1.55. The van der Waals surface area contributed by atoms with Crippen molar-refractivity contribution >= 4 is 23.1 Å². The number of hydrogen-bond acceptors (Lipinski definition) is 6. The van der Waals surface area contributed by atoms with Crippen molar-refractivity contribution in [1.29, 1.82) is 5.26 Å². The maximum Gasteiger partial charge on any atom is 0.191 e. The molecule has 3 aromatic rings. The second kappa shape index (κ2) is 9.84. The molecular formula is C20H23FN8S. The fourth-order valence-corrected chi connectivity index (χ4v) is 3.61. The molecule has 30 heavy (non-hydrogen) atoms. The molecule has 3 rings (SSSR count). The van der Waals surface area contributed by atoms with Gasteiger partial charge in [-0.15, -0.1) is 11.3 Å². The van der Waals surface area contributed by atoms with Crippen molar-refractivity contribution in [1.82, 2.24) is 25.4 Å². The van der Waals surface area contributed by atoms with Crippen molar-refractivity contribution in [3.63, 3.8) is 0 Å². The number of thiazole rings is 1. The van der Waals surface area contributed by atoms with Crippen molar-refractivity contribution in [3.8, 4) is 11.8 Å². The molecule has 1 aromatic carbocycles. The molecule has 4 N–H and O–H groups in total. The van der Waals surface area contributed by atoms with Crippen molar-refractivity contribution in [2.45, 2.75) is 26.3 Å². The highest BCUT2D eigenvalue weighted by Crippen LogP contribution is 2.21. The van der Waals surface area contributed by atoms with E-state index in [9.17, 15) is 9.65 Å². The smallest absolute Gasteiger partial charge is 0.191 e. The Morgan fingerprint density at radius 2 is 2.10 bits per heavy atom. The van der Waals surface area contributed by atoms with Crippen LogP contribution in [0.15, 0.2) is 35.5 Å². The first-order valence-corrected chi connectivity index (χ1v) is 10.2. The van der Waals surface area contributed by atoms with Crippen molar-refractivity contribution < 1.29 is 4.39 Å². The SMILES string of the molecule is CN=C(NCCCc1nn(-c2ccc(F)cc2)c(N)c1C#N)NCc1ncc(C)s1. The van der Waals surface area contributed by atoms with Crippen LogP contribution in [0, 0.1) is 24.1 Å². The highest BCUT2D eigenvalue weighted by atomic mass is 32.1. The molecule has 156 valence electrons. The zero-order valence-electron chi connectivity index (χ0n) is 16.8. The number of nitrogens with zero attached hydrogens (tertiary/aromatic N) is 5. The van der Waals surface area contributed by atoms with E-state index in [1.165, 1.54) is 21.7 Å². The minimum atomic E-state index is -0.344. The Labute approximate surface area is 178 Å². The van der Waals surface area contributed by atoms with Gasteiger partial charge in [-0.05, 0) is 44.0 Å². The Kier molecular flexibility index (Phi) is 6.98. The van der Waals surface area contributed by atoms with E-state index in [1.54, 1.807) is 30.5 Å². The molecule has 0 radical (unpaired) electrons. The molecule has 0 atom stereocenters. The van der Waals surface area contributed by atoms with Crippen LogP contribution >= 0.6 is 11.3 Å². The molecule has 0 aliphatic rings. The molecule has 2 aromatic heterocycles. The van der Waals surface area contributed by atoms with Gasteiger partial charge in [-0.1, -0.05) is 0 Å². The van der Waals surface area contributed by atoms with Crippen molar-refractivity contribution in [2.75, 3.05) is 19.3 Å². The zero-order valence-corrected chi connectivity index (χ0v) is 17.6. The van der Waals surface area contributed by atoms with E-state index in [2.05, 4.69) is 31.8 Å². The van der Waals surface area contributed by atoms with Crippen LogP contribution in [0.5, 0.6) is 0 Å². The first-order valence-electron chi connectivity index (χ1n) is 9.41. The Bertz CT molecular complexity index is 1060. The lowest BCUT2D eigenvalue weighted by Gasteiger charge is -2.10. The third-order valence-corrected chi connectivity index (χ3v) is 5.27. The van der Waals surface area contributed by atoms with Crippen molar-refractivity contribution in [3.05, 3.63) is 57.4 Å². The summed E-state index contributed by atoms with van der Waals surface area (Å²) in [6, 6.07) is 7.93. The number of rotatable bonds is 7. The van der Waals surface area contributed by atoms with Crippen LogP contribution in [-0.2, 0) is 13.0 Å². The number of anilines is 1. The second-order valence-electron chi connectivity index (χ2n) is 6.53. The fraction of sp³-hybridized carbons (Fsp3) is 0.300. The van der Waals surface area contributed by atoms with Crippen LogP contribution in [0.1, 0.15) is 27.6 Å². The lowest BCUT2D eigenvalue weighted by Crippen LogP contribution is -2.37. The van der Waals surface area contributed by atoms with E-state index in [-0.39, 0.29) is 11.6 Å². The Morgan fingerprint density at radius 1 is 1.33 bits per heavy atom. The molecule has 0 spiro atoms. The van der Waals surface area contributed by atoms with Gasteiger partial charge in [0.15, 0.2) is 5.96 Å². The number of guanidine groups is 1. The number of aryl methyl sites for hydroxylation is 2. The average molecular weight is 427 g/mol. The average Bonchev–Trinajstić information content (AvgIpc) is 3.30. The lowest BCUT2D eigenvalue weighted by atomic mass is 10.1. The first kappa shape index (κ1) is 21.3. The van der Waals surface area contributed by atoms with E-state index < -0.39 is 0 Å². The standard InChI is InChI=1S/C20H23FN8S/c1-13-11-26-18(30-13)12-27-20(24-2)25-9-3-4-17-16(10-22)19(23)29(28-17)15-7-5-14(21)6-8-15/h5-8,11H,3-4,9,12,23H2,1-2H3,(H2,24,25,27). The molecule has 0 saturated carbocycles.